The molecule has 0 aromatic carbocycles. The van der Waals surface area contributed by atoms with Crippen LogP contribution in [0.1, 0.15) is 37.9 Å². The number of sulfone groups is 1. The lowest BCUT2D eigenvalue weighted by Crippen LogP contribution is -2.39. The molecule has 2 N–H and O–H groups in total. The van der Waals surface area contributed by atoms with Crippen LogP contribution in [-0.4, -0.2) is 66.2 Å². The van der Waals surface area contributed by atoms with Crippen LogP contribution in [0.25, 0.3) is 0 Å². The lowest BCUT2D eigenvalue weighted by molar-refractivity contribution is 0.205. The summed E-state index contributed by atoms with van der Waals surface area (Å²) in [7, 11) is 0.309. The van der Waals surface area contributed by atoms with E-state index in [2.05, 4.69) is 29.3 Å². The van der Waals surface area contributed by atoms with Crippen molar-refractivity contribution in [3.63, 3.8) is 0 Å². The number of rotatable bonds is 9. The zero-order chi connectivity index (χ0) is 21.6. The summed E-state index contributed by atoms with van der Waals surface area (Å²) in [6, 6.07) is 3.23. The molecule has 2 aromatic heterocycles. The average Bonchev–Trinajstić information content (AvgIpc) is 3.28. The van der Waals surface area contributed by atoms with Crippen LogP contribution in [0, 0.1) is 0 Å². The first kappa shape index (κ1) is 26.9. The second-order valence-corrected chi connectivity index (χ2v) is 10.5. The number of aliphatic hydroxyl groups excluding tert-OH is 1. The molecule has 0 saturated heterocycles. The largest absolute Gasteiger partial charge is 0.390 e. The van der Waals surface area contributed by atoms with Crippen LogP contribution in [0.2, 0.25) is 0 Å². The van der Waals surface area contributed by atoms with E-state index in [9.17, 15) is 13.5 Å². The van der Waals surface area contributed by atoms with Gasteiger partial charge in [-0.15, -0.1) is 35.3 Å². The molecule has 30 heavy (non-hydrogen) atoms. The summed E-state index contributed by atoms with van der Waals surface area (Å²) in [5.74, 6) is 0.572. The summed E-state index contributed by atoms with van der Waals surface area (Å²) in [5, 5.41) is 19.7. The molecule has 2 rings (SSSR count). The Hall–Kier alpha value is -1.18. The number of aromatic nitrogens is 2. The second-order valence-electron chi connectivity index (χ2n) is 7.29. The van der Waals surface area contributed by atoms with Crippen molar-refractivity contribution in [2.45, 2.75) is 43.5 Å². The highest BCUT2D eigenvalue weighted by Crippen LogP contribution is 2.19. The van der Waals surface area contributed by atoms with E-state index in [0.29, 0.717) is 25.0 Å². The average molecular weight is 570 g/mol. The molecule has 0 aliphatic carbocycles. The van der Waals surface area contributed by atoms with Crippen molar-refractivity contribution in [1.82, 2.24) is 20.0 Å². The molecule has 0 aliphatic heterocycles. The first-order valence-corrected chi connectivity index (χ1v) is 12.1. The molecule has 11 heteroatoms. The fourth-order valence-corrected chi connectivity index (χ4v) is 5.45. The third-order valence-electron chi connectivity index (χ3n) is 4.25. The summed E-state index contributed by atoms with van der Waals surface area (Å²) in [6.07, 6.45) is 0.923. The number of guanidine groups is 1. The van der Waals surface area contributed by atoms with Crippen LogP contribution < -0.4 is 5.32 Å². The molecular weight excluding hydrogens is 537 g/mol. The standard InChI is InChI=1S/C19H31N5O3S2.HI/c1-6-20-19(23(4)11-15-12-24(5)22-18(15)14(2)3)21-10-16(25)13-29(26,27)17-8-7-9-28-17;/h7-9,12,14,16,25H,6,10-11,13H2,1-5H3,(H,20,21);1H. The van der Waals surface area contributed by atoms with Gasteiger partial charge in [-0.1, -0.05) is 19.9 Å². The predicted molar refractivity (Wildman–Crippen MR) is 133 cm³/mol. The number of nitrogens with one attached hydrogen (secondary N) is 1. The predicted octanol–water partition coefficient (Wildman–Crippen LogP) is 2.46. The van der Waals surface area contributed by atoms with Crippen molar-refractivity contribution in [1.29, 1.82) is 0 Å². The normalized spacial score (nSPS) is 13.2. The topological polar surface area (TPSA) is 99.8 Å². The molecule has 0 fully saturated rings. The Balaban J connectivity index is 0.00000450. The van der Waals surface area contributed by atoms with E-state index in [0.717, 1.165) is 22.6 Å². The molecule has 170 valence electrons. The van der Waals surface area contributed by atoms with Gasteiger partial charge in [0, 0.05) is 38.9 Å². The van der Waals surface area contributed by atoms with Crippen molar-refractivity contribution < 1.29 is 13.5 Å². The molecule has 8 nitrogen and oxygen atoms in total. The summed E-state index contributed by atoms with van der Waals surface area (Å²) in [5.41, 5.74) is 2.15. The number of halogens is 1. The zero-order valence-corrected chi connectivity index (χ0v) is 22.0. The van der Waals surface area contributed by atoms with Gasteiger partial charge in [0.15, 0.2) is 15.8 Å². The molecule has 2 heterocycles. The minimum Gasteiger partial charge on any atom is -0.390 e. The lowest BCUT2D eigenvalue weighted by Gasteiger charge is -2.23. The van der Waals surface area contributed by atoms with Crippen LogP contribution >= 0.6 is 35.3 Å². The molecular formula is C19H32IN5O3S2. The maximum absolute atomic E-state index is 12.3. The molecule has 2 aromatic rings. The van der Waals surface area contributed by atoms with Gasteiger partial charge in [0.2, 0.25) is 0 Å². The van der Waals surface area contributed by atoms with Gasteiger partial charge in [-0.3, -0.25) is 9.67 Å². The first-order valence-electron chi connectivity index (χ1n) is 9.60. The maximum atomic E-state index is 12.3. The van der Waals surface area contributed by atoms with Crippen LogP contribution in [0.15, 0.2) is 32.9 Å². The van der Waals surface area contributed by atoms with Gasteiger partial charge < -0.3 is 15.3 Å². The highest BCUT2D eigenvalue weighted by molar-refractivity contribution is 14.0. The van der Waals surface area contributed by atoms with Gasteiger partial charge in [0.1, 0.15) is 4.21 Å². The molecule has 0 spiro atoms. The van der Waals surface area contributed by atoms with Crippen LogP contribution in [0.3, 0.4) is 0 Å². The Morgan fingerprint density at radius 1 is 1.43 bits per heavy atom. The first-order chi connectivity index (χ1) is 13.6. The van der Waals surface area contributed by atoms with Crippen molar-refractivity contribution >= 4 is 51.1 Å². The smallest absolute Gasteiger partial charge is 0.194 e. The molecule has 1 unspecified atom stereocenters. The molecule has 0 saturated carbocycles. The lowest BCUT2D eigenvalue weighted by atomic mass is 10.1. The quantitative estimate of drug-likeness (QED) is 0.274. The van der Waals surface area contributed by atoms with E-state index in [-0.39, 0.29) is 40.5 Å². The molecule has 0 bridgehead atoms. The van der Waals surface area contributed by atoms with E-state index >= 15 is 0 Å². The van der Waals surface area contributed by atoms with Gasteiger partial charge in [-0.25, -0.2) is 8.42 Å². The Morgan fingerprint density at radius 3 is 2.70 bits per heavy atom. The van der Waals surface area contributed by atoms with E-state index in [1.165, 1.54) is 0 Å². The number of aliphatic hydroxyl groups is 1. The van der Waals surface area contributed by atoms with Gasteiger partial charge in [-0.05, 0) is 24.3 Å². The molecule has 0 amide bonds. The Kier molecular flexibility index (Phi) is 10.8. The van der Waals surface area contributed by atoms with Gasteiger partial charge >= 0.3 is 0 Å². The molecule has 0 aliphatic rings. The fourth-order valence-electron chi connectivity index (χ4n) is 2.98. The number of nitrogens with zero attached hydrogens (tertiary/aromatic N) is 4. The third-order valence-corrected chi connectivity index (χ3v) is 7.54. The zero-order valence-electron chi connectivity index (χ0n) is 18.1. The van der Waals surface area contributed by atoms with Crippen LogP contribution in [-0.2, 0) is 23.4 Å². The monoisotopic (exact) mass is 569 g/mol. The SMILES string of the molecule is CCNC(=NCC(O)CS(=O)(=O)c1cccs1)N(C)Cc1cn(C)nc1C(C)C.I. The van der Waals surface area contributed by atoms with E-state index in [1.807, 2.05) is 36.8 Å². The van der Waals surface area contributed by atoms with Crippen molar-refractivity contribution in [3.05, 3.63) is 35.0 Å². The Morgan fingerprint density at radius 2 is 2.13 bits per heavy atom. The third kappa shape index (κ3) is 7.50. The Labute approximate surface area is 200 Å². The van der Waals surface area contributed by atoms with Gasteiger partial charge in [0.25, 0.3) is 0 Å². The molecule has 1 atom stereocenters. The number of hydrogen-bond donors (Lipinski definition) is 2. The fraction of sp³-hybridized carbons (Fsp3) is 0.579. The molecule has 0 radical (unpaired) electrons. The second kappa shape index (κ2) is 12.0. The number of aryl methyl sites for hydroxylation is 1. The summed E-state index contributed by atoms with van der Waals surface area (Å²) in [4.78, 5) is 6.40. The summed E-state index contributed by atoms with van der Waals surface area (Å²) < 4.78 is 26.7. The Bertz CT molecular complexity index is 911. The van der Waals surface area contributed by atoms with Gasteiger partial charge in [-0.2, -0.15) is 5.10 Å². The van der Waals surface area contributed by atoms with E-state index in [1.54, 1.807) is 17.5 Å². The van der Waals surface area contributed by atoms with E-state index < -0.39 is 15.9 Å². The van der Waals surface area contributed by atoms with Crippen LogP contribution in [0.5, 0.6) is 0 Å². The minimum absolute atomic E-state index is 0. The summed E-state index contributed by atoms with van der Waals surface area (Å²) in [6.45, 7) is 7.45. The number of thiophene rings is 1. The van der Waals surface area contributed by atoms with Crippen molar-refractivity contribution in [2.75, 3.05) is 25.9 Å². The summed E-state index contributed by atoms with van der Waals surface area (Å²) >= 11 is 1.15. The number of hydrogen-bond acceptors (Lipinski definition) is 6. The van der Waals surface area contributed by atoms with Crippen LogP contribution in [0.4, 0.5) is 0 Å². The highest BCUT2D eigenvalue weighted by Gasteiger charge is 2.21. The number of aliphatic imine (C=N–C) groups is 1. The van der Waals surface area contributed by atoms with E-state index in [4.69, 9.17) is 0 Å². The maximum Gasteiger partial charge on any atom is 0.194 e. The minimum atomic E-state index is -3.50. The van der Waals surface area contributed by atoms with Crippen molar-refractivity contribution in [3.8, 4) is 0 Å². The van der Waals surface area contributed by atoms with Crippen molar-refractivity contribution in [2.24, 2.45) is 12.0 Å². The highest BCUT2D eigenvalue weighted by atomic mass is 127. The van der Waals surface area contributed by atoms with Gasteiger partial charge in [0.05, 0.1) is 24.1 Å².